The average Bonchev–Trinajstić information content (AvgIpc) is 2.73. The second kappa shape index (κ2) is 7.16. The van der Waals surface area contributed by atoms with Crippen LogP contribution in [-0.4, -0.2) is 12.6 Å². The number of allylic oxidation sites excluding steroid dienone is 1. The van der Waals surface area contributed by atoms with E-state index < -0.39 is 0 Å². The summed E-state index contributed by atoms with van der Waals surface area (Å²) >= 11 is 0. The van der Waals surface area contributed by atoms with E-state index in [2.05, 4.69) is 44.3 Å². The molecule has 2 aliphatic rings. The Hall–Kier alpha value is -3.27. The fraction of sp³-hybridized carbons (Fsp3) is 0.259. The molecule has 0 aliphatic carbocycles. The van der Waals surface area contributed by atoms with Gasteiger partial charge in [-0.3, -0.25) is 0 Å². The topological polar surface area (TPSA) is 30.5 Å². The van der Waals surface area contributed by atoms with Gasteiger partial charge in [0.25, 0.3) is 0 Å². The molecule has 0 saturated carbocycles. The predicted molar refractivity (Wildman–Crippen MR) is 123 cm³/mol. The highest BCUT2D eigenvalue weighted by atomic mass is 19.1. The molecule has 31 heavy (non-hydrogen) atoms. The van der Waals surface area contributed by atoms with Gasteiger partial charge in [-0.05, 0) is 67.8 Å². The van der Waals surface area contributed by atoms with E-state index in [-0.39, 0.29) is 17.5 Å². The van der Waals surface area contributed by atoms with Crippen LogP contribution in [0.4, 0.5) is 10.1 Å². The average molecular weight is 416 g/mol. The lowest BCUT2D eigenvalue weighted by atomic mass is 9.80. The van der Waals surface area contributed by atoms with Crippen molar-refractivity contribution < 1.29 is 13.9 Å². The highest BCUT2D eigenvalue weighted by Crippen LogP contribution is 2.52. The van der Waals surface area contributed by atoms with Crippen LogP contribution in [0.1, 0.15) is 43.6 Å². The first-order valence-electron chi connectivity index (χ1n) is 10.6. The molecule has 0 saturated heterocycles. The monoisotopic (exact) mass is 415 g/mol. The molecule has 3 nitrogen and oxygen atoms in total. The van der Waals surface area contributed by atoms with Gasteiger partial charge in [0.05, 0.1) is 18.2 Å². The summed E-state index contributed by atoms with van der Waals surface area (Å²) < 4.78 is 25.7. The minimum atomic E-state index is -0.230. The van der Waals surface area contributed by atoms with Crippen molar-refractivity contribution >= 4 is 11.3 Å². The Labute approximate surface area is 182 Å². The van der Waals surface area contributed by atoms with E-state index in [0.717, 1.165) is 39.4 Å². The van der Waals surface area contributed by atoms with Crippen LogP contribution >= 0.6 is 0 Å². The van der Waals surface area contributed by atoms with Gasteiger partial charge in [0.2, 0.25) is 0 Å². The van der Waals surface area contributed by atoms with Crippen molar-refractivity contribution in [2.75, 3.05) is 12.4 Å². The molecule has 1 atom stereocenters. The summed E-state index contributed by atoms with van der Waals surface area (Å²) in [6.07, 6.45) is 2.72. The Morgan fingerprint density at radius 1 is 1.03 bits per heavy atom. The van der Waals surface area contributed by atoms with E-state index in [0.29, 0.717) is 6.42 Å². The Morgan fingerprint density at radius 2 is 1.81 bits per heavy atom. The number of halogens is 1. The van der Waals surface area contributed by atoms with Crippen LogP contribution in [0.25, 0.3) is 16.7 Å². The number of anilines is 1. The van der Waals surface area contributed by atoms with Crippen molar-refractivity contribution in [3.8, 4) is 22.6 Å². The van der Waals surface area contributed by atoms with Crippen molar-refractivity contribution in [2.45, 2.75) is 38.8 Å². The zero-order valence-electron chi connectivity index (χ0n) is 18.3. The second-order valence-corrected chi connectivity index (χ2v) is 8.89. The molecule has 0 bridgehead atoms. The summed E-state index contributed by atoms with van der Waals surface area (Å²) in [5, 5.41) is 3.65. The fourth-order valence-electron chi connectivity index (χ4n) is 4.93. The lowest BCUT2D eigenvalue weighted by Gasteiger charge is -2.37. The van der Waals surface area contributed by atoms with Gasteiger partial charge in [0.1, 0.15) is 23.4 Å². The van der Waals surface area contributed by atoms with E-state index in [1.54, 1.807) is 7.11 Å². The van der Waals surface area contributed by atoms with Crippen LogP contribution in [0.15, 0.2) is 60.7 Å². The van der Waals surface area contributed by atoms with E-state index in [1.165, 1.54) is 23.3 Å². The smallest absolute Gasteiger partial charge is 0.131 e. The molecule has 5 rings (SSSR count). The Balaban J connectivity index is 1.73. The molecule has 1 N–H and O–H groups in total. The zero-order valence-corrected chi connectivity index (χ0v) is 18.3. The molecule has 2 aliphatic heterocycles. The van der Waals surface area contributed by atoms with Crippen LogP contribution < -0.4 is 14.8 Å². The summed E-state index contributed by atoms with van der Waals surface area (Å²) in [5.74, 6) is 1.38. The summed E-state index contributed by atoms with van der Waals surface area (Å²) in [7, 11) is 1.69. The fourth-order valence-corrected chi connectivity index (χ4v) is 4.93. The number of hydrogen-bond acceptors (Lipinski definition) is 3. The van der Waals surface area contributed by atoms with Crippen molar-refractivity contribution in [1.82, 2.24) is 0 Å². The summed E-state index contributed by atoms with van der Waals surface area (Å²) in [5.41, 5.74) is 7.68. The van der Waals surface area contributed by atoms with E-state index in [9.17, 15) is 4.39 Å². The molecular formula is C27H26FNO2. The van der Waals surface area contributed by atoms with E-state index >= 15 is 0 Å². The van der Waals surface area contributed by atoms with Crippen LogP contribution in [-0.2, 0) is 6.42 Å². The highest BCUT2D eigenvalue weighted by Gasteiger charge is 2.34. The molecule has 0 spiro atoms. The molecule has 0 amide bonds. The number of methoxy groups -OCH3 is 1. The van der Waals surface area contributed by atoms with E-state index in [4.69, 9.17) is 9.47 Å². The molecule has 0 radical (unpaired) electrons. The van der Waals surface area contributed by atoms with Gasteiger partial charge in [-0.25, -0.2) is 4.39 Å². The maximum absolute atomic E-state index is 13.5. The third-order valence-electron chi connectivity index (χ3n) is 6.08. The molecule has 0 fully saturated rings. The number of benzene rings is 3. The maximum atomic E-state index is 13.5. The SMILES string of the molecule is COc1cccc2c1-c1ccc3c(c1C(Cc1ccc(F)cc1)O2)C(C)=CC(C)(C)N3. The molecular weight excluding hydrogens is 389 g/mol. The minimum Gasteiger partial charge on any atom is -0.496 e. The van der Waals surface area contributed by atoms with Crippen molar-refractivity contribution in [3.63, 3.8) is 0 Å². The van der Waals surface area contributed by atoms with Gasteiger partial charge in [-0.15, -0.1) is 0 Å². The first kappa shape index (κ1) is 19.7. The number of ether oxygens (including phenoxy) is 2. The zero-order chi connectivity index (χ0) is 21.8. The van der Waals surface area contributed by atoms with Crippen molar-refractivity contribution in [3.05, 3.63) is 83.2 Å². The number of hydrogen-bond donors (Lipinski definition) is 1. The third kappa shape index (κ3) is 3.36. The number of fused-ring (bicyclic) bond motifs is 5. The lowest BCUT2D eigenvalue weighted by Crippen LogP contribution is -2.32. The summed E-state index contributed by atoms with van der Waals surface area (Å²) in [6, 6.07) is 16.9. The molecule has 2 heterocycles. The van der Waals surface area contributed by atoms with E-state index in [1.807, 2.05) is 30.3 Å². The highest BCUT2D eigenvalue weighted by molar-refractivity contribution is 5.91. The predicted octanol–water partition coefficient (Wildman–Crippen LogP) is 6.78. The van der Waals surface area contributed by atoms with Gasteiger partial charge in [-0.1, -0.05) is 30.3 Å². The van der Waals surface area contributed by atoms with Crippen LogP contribution in [0.2, 0.25) is 0 Å². The second-order valence-electron chi connectivity index (χ2n) is 8.89. The van der Waals surface area contributed by atoms with Gasteiger partial charge in [0.15, 0.2) is 0 Å². The Kier molecular flexibility index (Phi) is 4.54. The van der Waals surface area contributed by atoms with Crippen LogP contribution in [0.5, 0.6) is 11.5 Å². The molecule has 1 unspecified atom stereocenters. The standard InChI is InChI=1S/C27H26FNO2/c1-16-15-27(2,3)29-20-13-12-19-25-21(30-4)6-5-7-22(25)31-23(26(19)24(16)20)14-17-8-10-18(28)11-9-17/h5-13,15,23,29H,14H2,1-4H3. The molecule has 4 heteroatoms. The van der Waals surface area contributed by atoms with Gasteiger partial charge < -0.3 is 14.8 Å². The largest absolute Gasteiger partial charge is 0.496 e. The first-order valence-corrected chi connectivity index (χ1v) is 10.6. The van der Waals surface area contributed by atoms with Crippen molar-refractivity contribution in [2.24, 2.45) is 0 Å². The Bertz CT molecular complexity index is 1190. The van der Waals surface area contributed by atoms with Gasteiger partial charge in [-0.2, -0.15) is 0 Å². The normalized spacial score (nSPS) is 18.0. The third-order valence-corrected chi connectivity index (χ3v) is 6.08. The first-order chi connectivity index (χ1) is 14.9. The minimum absolute atomic E-state index is 0.122. The summed E-state index contributed by atoms with van der Waals surface area (Å²) in [4.78, 5) is 0. The van der Waals surface area contributed by atoms with Crippen LogP contribution in [0.3, 0.4) is 0 Å². The molecule has 158 valence electrons. The molecule has 3 aromatic rings. The van der Waals surface area contributed by atoms with Crippen LogP contribution in [0, 0.1) is 5.82 Å². The van der Waals surface area contributed by atoms with Gasteiger partial charge >= 0.3 is 0 Å². The maximum Gasteiger partial charge on any atom is 0.131 e. The van der Waals surface area contributed by atoms with Crippen molar-refractivity contribution in [1.29, 1.82) is 0 Å². The van der Waals surface area contributed by atoms with Gasteiger partial charge in [0, 0.05) is 23.2 Å². The molecule has 3 aromatic carbocycles. The summed E-state index contributed by atoms with van der Waals surface area (Å²) in [6.45, 7) is 6.50. The molecule has 0 aromatic heterocycles. The Morgan fingerprint density at radius 3 is 2.55 bits per heavy atom. The quantitative estimate of drug-likeness (QED) is 0.511. The lowest BCUT2D eigenvalue weighted by molar-refractivity contribution is 0.201. The number of nitrogens with one attached hydrogen (secondary N) is 1. The number of rotatable bonds is 3.